The molecule has 0 radical (unpaired) electrons. The van der Waals surface area contributed by atoms with E-state index in [-0.39, 0.29) is 11.8 Å². The van der Waals surface area contributed by atoms with Crippen LogP contribution in [0, 0.1) is 0 Å². The maximum absolute atomic E-state index is 13.0. The summed E-state index contributed by atoms with van der Waals surface area (Å²) in [5, 5.41) is 10.6. The van der Waals surface area contributed by atoms with Crippen molar-refractivity contribution in [1.29, 1.82) is 0 Å². The van der Waals surface area contributed by atoms with Crippen molar-refractivity contribution >= 4 is 44.7 Å². The quantitative estimate of drug-likeness (QED) is 0.141. The first-order valence-electron chi connectivity index (χ1n) is 13.5. The highest BCUT2D eigenvalue weighted by atomic mass is 16.2. The lowest BCUT2D eigenvalue weighted by molar-refractivity contribution is -0.117. The first-order valence-corrected chi connectivity index (χ1v) is 13.5. The fourth-order valence-corrected chi connectivity index (χ4v) is 4.86. The van der Waals surface area contributed by atoms with Crippen LogP contribution in [0.5, 0.6) is 0 Å². The second-order valence-corrected chi connectivity index (χ2v) is 9.58. The van der Waals surface area contributed by atoms with Gasteiger partial charge in [0.2, 0.25) is 11.8 Å². The number of hydrogen-bond acceptors (Lipinski definition) is 2. The molecule has 4 heteroatoms. The lowest BCUT2D eigenvalue weighted by Gasteiger charge is -2.20. The molecule has 0 bridgehead atoms. The monoisotopic (exact) mass is 504 g/mol. The Morgan fingerprint density at radius 2 is 1.00 bits per heavy atom. The predicted octanol–water partition coefficient (Wildman–Crippen LogP) is 9.03. The third-order valence-electron chi connectivity index (χ3n) is 6.78. The third kappa shape index (κ3) is 6.57. The Morgan fingerprint density at radius 1 is 0.579 bits per heavy atom. The van der Waals surface area contributed by atoms with Gasteiger partial charge in [-0.1, -0.05) is 72.8 Å². The molecular formula is C34H36N2O2. The van der Waals surface area contributed by atoms with Gasteiger partial charge < -0.3 is 10.6 Å². The molecule has 0 saturated carbocycles. The number of carbonyl (C=O) groups is 2. The van der Waals surface area contributed by atoms with Gasteiger partial charge in [0.15, 0.2) is 0 Å². The molecular weight excluding hydrogens is 468 g/mol. The molecule has 4 rings (SSSR count). The van der Waals surface area contributed by atoms with Crippen molar-refractivity contribution in [3.63, 3.8) is 0 Å². The first-order chi connectivity index (χ1) is 18.6. The Hall–Kier alpha value is -4.18. The number of hydrogen-bond donors (Lipinski definition) is 2. The largest absolute Gasteiger partial charge is 0.325 e. The Bertz CT molecular complexity index is 1340. The Kier molecular flexibility index (Phi) is 9.47. The summed E-state index contributed by atoms with van der Waals surface area (Å²) in [5.74, 6) is -0.0303. The minimum absolute atomic E-state index is 0.0152. The minimum atomic E-state index is -0.0152. The summed E-state index contributed by atoms with van der Waals surface area (Å²) in [6, 6.07) is 24.4. The molecule has 0 aliphatic heterocycles. The molecule has 0 heterocycles. The van der Waals surface area contributed by atoms with E-state index in [9.17, 15) is 9.59 Å². The van der Waals surface area contributed by atoms with Crippen LogP contribution >= 0.6 is 0 Å². The van der Waals surface area contributed by atoms with Gasteiger partial charge in [-0.3, -0.25) is 9.59 Å². The molecule has 0 aliphatic carbocycles. The molecule has 194 valence electrons. The van der Waals surface area contributed by atoms with E-state index in [1.54, 1.807) is 0 Å². The van der Waals surface area contributed by atoms with Gasteiger partial charge in [-0.15, -0.1) is 13.2 Å². The standard InChI is InChI=1S/C34H36N2O2/c1-3-5-7-9-19-31(37)35-29-23-21-25-15-11-13-17-27(25)33(29)34-28-18-14-12-16-26(28)22-24-30(34)36-32(38)20-10-8-6-4-2/h3-4,11-18,21-24H,1-2,5-10,19-20H2,(H,35,37)(H,36,38). The first kappa shape index (κ1) is 26.9. The van der Waals surface area contributed by atoms with Gasteiger partial charge in [-0.2, -0.15) is 0 Å². The van der Waals surface area contributed by atoms with Gasteiger partial charge in [0.05, 0.1) is 0 Å². The van der Waals surface area contributed by atoms with Crippen molar-refractivity contribution < 1.29 is 9.59 Å². The second-order valence-electron chi connectivity index (χ2n) is 9.58. The smallest absolute Gasteiger partial charge is 0.224 e. The number of allylic oxidation sites excluding steroid dienone is 2. The summed E-state index contributed by atoms with van der Waals surface area (Å²) in [6.45, 7) is 7.53. The average molecular weight is 505 g/mol. The molecule has 0 fully saturated rings. The summed E-state index contributed by atoms with van der Waals surface area (Å²) in [7, 11) is 0. The minimum Gasteiger partial charge on any atom is -0.325 e. The van der Waals surface area contributed by atoms with Crippen molar-refractivity contribution in [2.45, 2.75) is 51.4 Å². The highest BCUT2D eigenvalue weighted by Crippen LogP contribution is 2.43. The zero-order valence-corrected chi connectivity index (χ0v) is 22.0. The highest BCUT2D eigenvalue weighted by Gasteiger charge is 2.19. The Labute approximate surface area is 225 Å². The number of nitrogens with one attached hydrogen (secondary N) is 2. The van der Waals surface area contributed by atoms with Crippen LogP contribution in [0.3, 0.4) is 0 Å². The van der Waals surface area contributed by atoms with Crippen molar-refractivity contribution in [3.8, 4) is 11.1 Å². The Morgan fingerprint density at radius 3 is 1.42 bits per heavy atom. The zero-order valence-electron chi connectivity index (χ0n) is 22.0. The van der Waals surface area contributed by atoms with Crippen molar-refractivity contribution in [2.24, 2.45) is 0 Å². The van der Waals surface area contributed by atoms with Crippen LogP contribution < -0.4 is 10.6 Å². The molecule has 0 saturated heterocycles. The molecule has 0 atom stereocenters. The predicted molar refractivity (Wildman–Crippen MR) is 161 cm³/mol. The summed E-state index contributed by atoms with van der Waals surface area (Å²) in [4.78, 5) is 26.0. The SMILES string of the molecule is C=CCCCCC(=O)Nc1ccc2ccccc2c1-c1c(NC(=O)CCCCC=C)ccc2ccccc12. The number of fused-ring (bicyclic) bond motifs is 2. The van der Waals surface area contributed by atoms with E-state index in [0.717, 1.165) is 82.6 Å². The van der Waals surface area contributed by atoms with E-state index in [0.29, 0.717) is 12.8 Å². The number of rotatable bonds is 13. The molecule has 0 aromatic heterocycles. The molecule has 2 amide bonds. The molecule has 2 N–H and O–H groups in total. The second kappa shape index (κ2) is 13.4. The van der Waals surface area contributed by atoms with Crippen molar-refractivity contribution in [2.75, 3.05) is 10.6 Å². The Balaban J connectivity index is 1.80. The fourth-order valence-electron chi connectivity index (χ4n) is 4.86. The van der Waals surface area contributed by atoms with Crippen LogP contribution in [0.2, 0.25) is 0 Å². The van der Waals surface area contributed by atoms with Crippen LogP contribution in [0.25, 0.3) is 32.7 Å². The lowest BCUT2D eigenvalue weighted by Crippen LogP contribution is -2.14. The van der Waals surface area contributed by atoms with Crippen LogP contribution in [0.4, 0.5) is 11.4 Å². The van der Waals surface area contributed by atoms with E-state index < -0.39 is 0 Å². The lowest BCUT2D eigenvalue weighted by atomic mass is 9.90. The van der Waals surface area contributed by atoms with Gasteiger partial charge in [0.25, 0.3) is 0 Å². The van der Waals surface area contributed by atoms with Crippen molar-refractivity contribution in [1.82, 2.24) is 0 Å². The van der Waals surface area contributed by atoms with Gasteiger partial charge in [0, 0.05) is 35.3 Å². The number of anilines is 2. The fraction of sp³-hybridized carbons (Fsp3) is 0.235. The van der Waals surface area contributed by atoms with E-state index in [1.807, 2.05) is 60.7 Å². The molecule has 4 nitrogen and oxygen atoms in total. The topological polar surface area (TPSA) is 58.2 Å². The maximum atomic E-state index is 13.0. The summed E-state index contributed by atoms with van der Waals surface area (Å²) >= 11 is 0. The highest BCUT2D eigenvalue weighted by molar-refractivity contribution is 6.16. The van der Waals surface area contributed by atoms with Gasteiger partial charge in [0.1, 0.15) is 0 Å². The van der Waals surface area contributed by atoms with E-state index >= 15 is 0 Å². The zero-order chi connectivity index (χ0) is 26.7. The van der Waals surface area contributed by atoms with Crippen LogP contribution in [0.1, 0.15) is 51.4 Å². The molecule has 38 heavy (non-hydrogen) atoms. The van der Waals surface area contributed by atoms with E-state index in [2.05, 4.69) is 48.1 Å². The van der Waals surface area contributed by atoms with Crippen LogP contribution in [0.15, 0.2) is 98.1 Å². The number of carbonyl (C=O) groups excluding carboxylic acids is 2. The molecule has 0 aliphatic rings. The summed E-state index contributed by atoms with van der Waals surface area (Å²) in [5.41, 5.74) is 3.33. The molecule has 4 aromatic rings. The summed E-state index contributed by atoms with van der Waals surface area (Å²) < 4.78 is 0. The third-order valence-corrected chi connectivity index (χ3v) is 6.78. The van der Waals surface area contributed by atoms with Gasteiger partial charge >= 0.3 is 0 Å². The molecule has 0 unspecified atom stereocenters. The number of unbranched alkanes of at least 4 members (excludes halogenated alkanes) is 4. The van der Waals surface area contributed by atoms with Gasteiger partial charge in [-0.25, -0.2) is 0 Å². The van der Waals surface area contributed by atoms with E-state index in [1.165, 1.54) is 0 Å². The summed E-state index contributed by atoms with van der Waals surface area (Å²) in [6.07, 6.45) is 9.96. The average Bonchev–Trinajstić information content (AvgIpc) is 2.94. The molecule has 0 spiro atoms. The van der Waals surface area contributed by atoms with Crippen LogP contribution in [-0.2, 0) is 9.59 Å². The normalized spacial score (nSPS) is 10.8. The van der Waals surface area contributed by atoms with E-state index in [4.69, 9.17) is 0 Å². The number of amides is 2. The van der Waals surface area contributed by atoms with Crippen LogP contribution in [-0.4, -0.2) is 11.8 Å². The van der Waals surface area contributed by atoms with Crippen molar-refractivity contribution in [3.05, 3.63) is 98.1 Å². The van der Waals surface area contributed by atoms with Gasteiger partial charge in [-0.05, 0) is 72.2 Å². The maximum Gasteiger partial charge on any atom is 0.224 e. The number of benzene rings is 4. The molecule has 4 aromatic carbocycles.